The molecule has 2 rings (SSSR count). The van der Waals surface area contributed by atoms with Crippen LogP contribution in [0.25, 0.3) is 10.1 Å². The second-order valence-corrected chi connectivity index (χ2v) is 4.42. The highest BCUT2D eigenvalue weighted by molar-refractivity contribution is 7.13. The van der Waals surface area contributed by atoms with E-state index in [4.69, 9.17) is 5.11 Å². The summed E-state index contributed by atoms with van der Waals surface area (Å²) in [5.74, 6) is -0.731. The summed E-state index contributed by atoms with van der Waals surface area (Å²) in [6.07, 6.45) is 1.97. The molecule has 0 saturated carbocycles. The molecule has 0 aliphatic carbocycles. The Morgan fingerprint density at radius 2 is 2.40 bits per heavy atom. The van der Waals surface area contributed by atoms with Crippen molar-refractivity contribution < 1.29 is 9.90 Å². The van der Waals surface area contributed by atoms with Crippen LogP contribution in [0.3, 0.4) is 0 Å². The largest absolute Gasteiger partial charge is 0.481 e. The number of carboxylic acid groups (broad SMARTS) is 1. The van der Waals surface area contributed by atoms with Gasteiger partial charge in [-0.05, 0) is 29.1 Å². The van der Waals surface area contributed by atoms with Gasteiger partial charge in [0.05, 0.1) is 11.1 Å². The highest BCUT2D eigenvalue weighted by Gasteiger charge is 2.13. The van der Waals surface area contributed by atoms with Gasteiger partial charge < -0.3 is 5.11 Å². The van der Waals surface area contributed by atoms with E-state index in [2.05, 4.69) is 4.37 Å². The Hall–Kier alpha value is -1.42. The van der Waals surface area contributed by atoms with Crippen LogP contribution < -0.4 is 0 Å². The van der Waals surface area contributed by atoms with E-state index in [0.29, 0.717) is 0 Å². The Balaban J connectivity index is 2.42. The van der Waals surface area contributed by atoms with Crippen LogP contribution in [0, 0.1) is 0 Å². The van der Waals surface area contributed by atoms with Crippen molar-refractivity contribution in [3.63, 3.8) is 0 Å². The Morgan fingerprint density at radius 3 is 3.13 bits per heavy atom. The quantitative estimate of drug-likeness (QED) is 0.867. The predicted molar refractivity (Wildman–Crippen MR) is 60.3 cm³/mol. The lowest BCUT2D eigenvalue weighted by Gasteiger charge is -2.09. The van der Waals surface area contributed by atoms with Gasteiger partial charge in [0.1, 0.15) is 0 Å². The summed E-state index contributed by atoms with van der Waals surface area (Å²) in [7, 11) is 0. The Morgan fingerprint density at radius 1 is 1.60 bits per heavy atom. The number of aromatic nitrogens is 1. The third kappa shape index (κ3) is 1.99. The van der Waals surface area contributed by atoms with Crippen LogP contribution in [-0.2, 0) is 4.79 Å². The van der Waals surface area contributed by atoms with Crippen molar-refractivity contribution in [1.82, 2.24) is 4.37 Å². The Bertz CT molecular complexity index is 492. The van der Waals surface area contributed by atoms with E-state index in [1.807, 2.05) is 31.3 Å². The number of hydrogen-bond donors (Lipinski definition) is 1. The van der Waals surface area contributed by atoms with Gasteiger partial charge in [0.15, 0.2) is 0 Å². The van der Waals surface area contributed by atoms with Crippen molar-refractivity contribution in [3.05, 3.63) is 30.0 Å². The summed E-state index contributed by atoms with van der Waals surface area (Å²) in [6.45, 7) is 1.93. The SMILES string of the molecule is CC(CC(=O)O)c1cccc2sncc12. The molecular formula is C11H11NO2S. The summed E-state index contributed by atoms with van der Waals surface area (Å²) in [5.41, 5.74) is 1.07. The fourth-order valence-electron chi connectivity index (χ4n) is 1.72. The molecule has 0 aliphatic heterocycles. The van der Waals surface area contributed by atoms with E-state index >= 15 is 0 Å². The maximum Gasteiger partial charge on any atom is 0.303 e. The molecule has 0 radical (unpaired) electrons. The van der Waals surface area contributed by atoms with Crippen LogP contribution >= 0.6 is 11.5 Å². The van der Waals surface area contributed by atoms with Gasteiger partial charge in [-0.2, -0.15) is 4.37 Å². The monoisotopic (exact) mass is 221 g/mol. The molecule has 1 unspecified atom stereocenters. The fourth-order valence-corrected chi connectivity index (χ4v) is 2.40. The molecule has 1 aromatic carbocycles. The molecule has 78 valence electrons. The third-order valence-electron chi connectivity index (χ3n) is 2.44. The van der Waals surface area contributed by atoms with E-state index in [9.17, 15) is 4.79 Å². The zero-order chi connectivity index (χ0) is 10.8. The van der Waals surface area contributed by atoms with Crippen LogP contribution in [-0.4, -0.2) is 15.4 Å². The number of fused-ring (bicyclic) bond motifs is 1. The van der Waals surface area contributed by atoms with Crippen LogP contribution in [0.1, 0.15) is 24.8 Å². The van der Waals surface area contributed by atoms with Crippen molar-refractivity contribution in [3.8, 4) is 0 Å². The molecule has 4 heteroatoms. The molecule has 0 aliphatic rings. The van der Waals surface area contributed by atoms with E-state index < -0.39 is 5.97 Å². The number of hydrogen-bond acceptors (Lipinski definition) is 3. The minimum Gasteiger partial charge on any atom is -0.481 e. The van der Waals surface area contributed by atoms with Crippen molar-refractivity contribution in [2.24, 2.45) is 0 Å². The van der Waals surface area contributed by atoms with Gasteiger partial charge in [-0.3, -0.25) is 4.79 Å². The van der Waals surface area contributed by atoms with Crippen LogP contribution in [0.15, 0.2) is 24.4 Å². The number of rotatable bonds is 3. The molecule has 0 amide bonds. The molecule has 0 fully saturated rings. The molecule has 3 nitrogen and oxygen atoms in total. The van der Waals surface area contributed by atoms with Crippen LogP contribution in [0.2, 0.25) is 0 Å². The van der Waals surface area contributed by atoms with Crippen molar-refractivity contribution in [1.29, 1.82) is 0 Å². The topological polar surface area (TPSA) is 50.2 Å². The minimum atomic E-state index is -0.761. The molecule has 1 N–H and O–H groups in total. The second-order valence-electron chi connectivity index (χ2n) is 3.58. The predicted octanol–water partition coefficient (Wildman–Crippen LogP) is 2.87. The first kappa shape index (κ1) is 10.1. The van der Waals surface area contributed by atoms with Crippen LogP contribution in [0.4, 0.5) is 0 Å². The van der Waals surface area contributed by atoms with Crippen molar-refractivity contribution in [2.45, 2.75) is 19.3 Å². The van der Waals surface area contributed by atoms with E-state index in [1.54, 1.807) is 0 Å². The highest BCUT2D eigenvalue weighted by Crippen LogP contribution is 2.29. The molecule has 1 atom stereocenters. The number of carbonyl (C=O) groups is 1. The molecule has 0 bridgehead atoms. The molecule has 1 heterocycles. The summed E-state index contributed by atoms with van der Waals surface area (Å²) in [6, 6.07) is 5.93. The van der Waals surface area contributed by atoms with Gasteiger partial charge in [-0.15, -0.1) is 0 Å². The van der Waals surface area contributed by atoms with Gasteiger partial charge >= 0.3 is 5.97 Å². The van der Waals surface area contributed by atoms with E-state index in [1.165, 1.54) is 11.5 Å². The second kappa shape index (κ2) is 3.98. The lowest BCUT2D eigenvalue weighted by atomic mass is 9.95. The zero-order valence-electron chi connectivity index (χ0n) is 8.30. The molecule has 2 aromatic rings. The number of nitrogens with zero attached hydrogens (tertiary/aromatic N) is 1. The normalized spacial score (nSPS) is 12.9. The average molecular weight is 221 g/mol. The smallest absolute Gasteiger partial charge is 0.303 e. The lowest BCUT2D eigenvalue weighted by molar-refractivity contribution is -0.137. The van der Waals surface area contributed by atoms with Gasteiger partial charge in [0.25, 0.3) is 0 Å². The standard InChI is InChI=1S/C11H11NO2S/c1-7(5-11(13)14)8-3-2-4-10-9(8)6-12-15-10/h2-4,6-7H,5H2,1H3,(H,13,14). The van der Waals surface area contributed by atoms with Gasteiger partial charge in [0, 0.05) is 11.6 Å². The van der Waals surface area contributed by atoms with Gasteiger partial charge in [0.2, 0.25) is 0 Å². The summed E-state index contributed by atoms with van der Waals surface area (Å²) >= 11 is 1.44. The number of carboxylic acids is 1. The first-order valence-corrected chi connectivity index (χ1v) is 5.51. The zero-order valence-corrected chi connectivity index (χ0v) is 9.12. The molecule has 0 spiro atoms. The van der Waals surface area contributed by atoms with Gasteiger partial charge in [-0.25, -0.2) is 0 Å². The molecular weight excluding hydrogens is 210 g/mol. The third-order valence-corrected chi connectivity index (χ3v) is 3.21. The first-order valence-electron chi connectivity index (χ1n) is 4.73. The number of aliphatic carboxylic acids is 1. The Labute approximate surface area is 91.5 Å². The Kier molecular flexibility index (Phi) is 2.68. The molecule has 15 heavy (non-hydrogen) atoms. The van der Waals surface area contributed by atoms with Crippen molar-refractivity contribution >= 4 is 27.6 Å². The summed E-state index contributed by atoms with van der Waals surface area (Å²) in [5, 5.41) is 9.83. The molecule has 0 saturated heterocycles. The summed E-state index contributed by atoms with van der Waals surface area (Å²) < 4.78 is 5.23. The number of benzene rings is 1. The lowest BCUT2D eigenvalue weighted by Crippen LogP contribution is -2.02. The van der Waals surface area contributed by atoms with Crippen LogP contribution in [0.5, 0.6) is 0 Å². The van der Waals surface area contributed by atoms with E-state index in [-0.39, 0.29) is 12.3 Å². The van der Waals surface area contributed by atoms with Gasteiger partial charge in [-0.1, -0.05) is 19.1 Å². The maximum atomic E-state index is 10.6. The van der Waals surface area contributed by atoms with Crippen molar-refractivity contribution in [2.75, 3.05) is 0 Å². The van der Waals surface area contributed by atoms with E-state index in [0.717, 1.165) is 15.6 Å². The highest BCUT2D eigenvalue weighted by atomic mass is 32.1. The molecule has 1 aromatic heterocycles. The minimum absolute atomic E-state index is 0.0302. The summed E-state index contributed by atoms with van der Waals surface area (Å²) in [4.78, 5) is 10.6. The first-order chi connectivity index (χ1) is 7.18. The maximum absolute atomic E-state index is 10.6. The fraction of sp³-hybridized carbons (Fsp3) is 0.273. The average Bonchev–Trinajstić information content (AvgIpc) is 2.63.